The maximum atomic E-state index is 12.3. The number of carbonyl (C=O) groups is 2. The Bertz CT molecular complexity index is 834. The van der Waals surface area contributed by atoms with Crippen LogP contribution in [0, 0.1) is 0 Å². The number of hydrogen-bond acceptors (Lipinski definition) is 6. The van der Waals surface area contributed by atoms with Crippen LogP contribution in [0.2, 0.25) is 0 Å². The maximum absolute atomic E-state index is 12.3. The molecule has 6 nitrogen and oxygen atoms in total. The summed E-state index contributed by atoms with van der Waals surface area (Å²) in [7, 11) is 6.56. The monoisotopic (exact) mass is 414 g/mol. The molecule has 0 radical (unpaired) electrons. The maximum Gasteiger partial charge on any atom is 0.229 e. The molecule has 0 fully saturated rings. The molecule has 2 unspecified atom stereocenters. The molecule has 0 aliphatic carbocycles. The number of hydrogen-bond donors (Lipinski definition) is 2. The van der Waals surface area contributed by atoms with Crippen molar-refractivity contribution >= 4 is 45.1 Å². The molecule has 0 bridgehead atoms. The second-order valence-corrected chi connectivity index (χ2v) is 8.80. The van der Waals surface area contributed by atoms with E-state index in [1.165, 1.54) is 0 Å². The Labute approximate surface area is 172 Å². The van der Waals surface area contributed by atoms with E-state index in [4.69, 9.17) is 0 Å². The Morgan fingerprint density at radius 3 is 1.57 bits per heavy atom. The first kappa shape index (κ1) is 19.0. The molecule has 146 valence electrons. The number of fused-ring (bicyclic) bond motifs is 2. The minimum absolute atomic E-state index is 0.0340. The van der Waals surface area contributed by atoms with Gasteiger partial charge in [0.25, 0.3) is 0 Å². The van der Waals surface area contributed by atoms with Crippen molar-refractivity contribution in [2.24, 2.45) is 0 Å². The summed E-state index contributed by atoms with van der Waals surface area (Å²) in [5.41, 5.74) is 4.26. The van der Waals surface area contributed by atoms with Crippen LogP contribution in [0.1, 0.15) is 23.0 Å². The molecule has 2 aliphatic rings. The summed E-state index contributed by atoms with van der Waals surface area (Å²) in [6, 6.07) is 16.1. The lowest BCUT2D eigenvalue weighted by Gasteiger charge is -2.22. The minimum Gasteiger partial charge on any atom is -0.359 e. The van der Waals surface area contributed by atoms with Crippen LogP contribution in [0.5, 0.6) is 0 Å². The fourth-order valence-corrected chi connectivity index (χ4v) is 6.17. The fourth-order valence-electron chi connectivity index (χ4n) is 3.76. The average Bonchev–Trinajstić information content (AvgIpc) is 3.30. The molecule has 2 aliphatic heterocycles. The summed E-state index contributed by atoms with van der Waals surface area (Å²) in [4.78, 5) is 24.6. The van der Waals surface area contributed by atoms with Gasteiger partial charge in [-0.05, 0) is 23.3 Å². The van der Waals surface area contributed by atoms with Gasteiger partial charge < -0.3 is 19.2 Å². The number of amides is 2. The standard InChI is InChI=1S/C20H22N4O2S2/c1-21-19(25)15-11-23(17-9-5-3-7-13(15)17)27-28-24-12-16(20(26)22-2)14-8-4-6-10-18(14)24/h3-10,15-16H,11-12H2,1-2H3,(H,21,25)(H,22,26). The Hall–Kier alpha value is -2.32. The molecule has 4 rings (SSSR count). The Balaban J connectivity index is 1.51. The summed E-state index contributed by atoms with van der Waals surface area (Å²) >= 11 is 0. The normalized spacial score (nSPS) is 19.9. The van der Waals surface area contributed by atoms with Crippen LogP contribution >= 0.6 is 22.0 Å². The molecule has 2 amide bonds. The number of carbonyl (C=O) groups excluding carboxylic acids is 2. The Morgan fingerprint density at radius 2 is 1.18 bits per heavy atom. The van der Waals surface area contributed by atoms with E-state index in [2.05, 4.69) is 31.4 Å². The third-order valence-corrected chi connectivity index (χ3v) is 7.60. The molecule has 2 atom stereocenters. The molecular formula is C20H22N4O2S2. The van der Waals surface area contributed by atoms with E-state index in [-0.39, 0.29) is 23.7 Å². The van der Waals surface area contributed by atoms with Gasteiger partial charge in [-0.15, -0.1) is 0 Å². The first-order valence-electron chi connectivity index (χ1n) is 9.15. The second kappa shape index (κ2) is 7.97. The van der Waals surface area contributed by atoms with Crippen molar-refractivity contribution in [3.05, 3.63) is 59.7 Å². The van der Waals surface area contributed by atoms with Crippen molar-refractivity contribution in [3.8, 4) is 0 Å². The number of nitrogens with zero attached hydrogens (tertiary/aromatic N) is 2. The lowest BCUT2D eigenvalue weighted by Crippen LogP contribution is -2.29. The van der Waals surface area contributed by atoms with Crippen LogP contribution in [0.4, 0.5) is 11.4 Å². The molecule has 8 heteroatoms. The molecule has 0 spiro atoms. The number of benzene rings is 2. The van der Waals surface area contributed by atoms with Gasteiger partial charge in [-0.1, -0.05) is 36.4 Å². The topological polar surface area (TPSA) is 64.7 Å². The van der Waals surface area contributed by atoms with Gasteiger partial charge in [0.1, 0.15) is 0 Å². The van der Waals surface area contributed by atoms with E-state index in [1.54, 1.807) is 36.1 Å². The van der Waals surface area contributed by atoms with Crippen molar-refractivity contribution in [1.82, 2.24) is 10.6 Å². The summed E-state index contributed by atoms with van der Waals surface area (Å²) in [5.74, 6) is -0.268. The summed E-state index contributed by atoms with van der Waals surface area (Å²) < 4.78 is 4.32. The number of likely N-dealkylation sites (N-methyl/N-ethyl adjacent to an activating group) is 2. The van der Waals surface area contributed by atoms with Crippen LogP contribution in [0.3, 0.4) is 0 Å². The largest absolute Gasteiger partial charge is 0.359 e. The summed E-state index contributed by atoms with van der Waals surface area (Å²) in [6.45, 7) is 1.26. The molecule has 0 aromatic heterocycles. The van der Waals surface area contributed by atoms with E-state index in [1.807, 2.05) is 36.4 Å². The van der Waals surface area contributed by atoms with Crippen LogP contribution in [-0.2, 0) is 9.59 Å². The number of nitrogens with one attached hydrogen (secondary N) is 2. The van der Waals surface area contributed by atoms with Gasteiger partial charge in [0.05, 0.1) is 23.2 Å². The van der Waals surface area contributed by atoms with Crippen LogP contribution in [-0.4, -0.2) is 39.0 Å². The van der Waals surface area contributed by atoms with Gasteiger partial charge in [0, 0.05) is 49.1 Å². The molecule has 2 N–H and O–H groups in total. The van der Waals surface area contributed by atoms with Gasteiger partial charge >= 0.3 is 0 Å². The fraction of sp³-hybridized carbons (Fsp3) is 0.300. The van der Waals surface area contributed by atoms with Gasteiger partial charge in [-0.25, -0.2) is 0 Å². The van der Waals surface area contributed by atoms with Gasteiger partial charge in [-0.2, -0.15) is 0 Å². The van der Waals surface area contributed by atoms with Gasteiger partial charge in [0.2, 0.25) is 11.8 Å². The SMILES string of the molecule is CNC(=O)C1CN(SSN2CC(C(=O)NC)c3ccccc32)c2ccccc21. The summed E-state index contributed by atoms with van der Waals surface area (Å²) in [6.07, 6.45) is 0. The highest BCUT2D eigenvalue weighted by atomic mass is 33.1. The molecule has 2 aromatic rings. The zero-order chi connectivity index (χ0) is 19.7. The molecule has 2 aromatic carbocycles. The number of anilines is 2. The van der Waals surface area contributed by atoms with Crippen molar-refractivity contribution < 1.29 is 9.59 Å². The van der Waals surface area contributed by atoms with E-state index in [0.717, 1.165) is 22.5 Å². The smallest absolute Gasteiger partial charge is 0.229 e. The van der Waals surface area contributed by atoms with E-state index < -0.39 is 0 Å². The van der Waals surface area contributed by atoms with Crippen molar-refractivity contribution in [2.75, 3.05) is 35.8 Å². The third-order valence-electron chi connectivity index (χ3n) is 5.20. The predicted molar refractivity (Wildman–Crippen MR) is 116 cm³/mol. The van der Waals surface area contributed by atoms with Crippen LogP contribution in [0.15, 0.2) is 48.5 Å². The van der Waals surface area contributed by atoms with Crippen LogP contribution < -0.4 is 19.2 Å². The number of para-hydroxylation sites is 2. The first-order valence-corrected chi connectivity index (χ1v) is 11.2. The Morgan fingerprint density at radius 1 is 0.786 bits per heavy atom. The molecule has 28 heavy (non-hydrogen) atoms. The van der Waals surface area contributed by atoms with Gasteiger partial charge in [-0.3, -0.25) is 9.59 Å². The highest BCUT2D eigenvalue weighted by Gasteiger charge is 2.36. The molecule has 2 heterocycles. The highest BCUT2D eigenvalue weighted by Crippen LogP contribution is 2.48. The predicted octanol–water partition coefficient (Wildman–Crippen LogP) is 2.90. The quantitative estimate of drug-likeness (QED) is 0.579. The van der Waals surface area contributed by atoms with Crippen molar-refractivity contribution in [1.29, 1.82) is 0 Å². The van der Waals surface area contributed by atoms with E-state index in [9.17, 15) is 9.59 Å². The third kappa shape index (κ3) is 3.31. The highest BCUT2D eigenvalue weighted by molar-refractivity contribution is 8.77. The van der Waals surface area contributed by atoms with Gasteiger partial charge in [0.15, 0.2) is 0 Å². The summed E-state index contributed by atoms with van der Waals surface area (Å²) in [5, 5.41) is 5.53. The Kier molecular flexibility index (Phi) is 5.41. The number of rotatable bonds is 5. The average molecular weight is 415 g/mol. The molecule has 0 saturated heterocycles. The van der Waals surface area contributed by atoms with E-state index in [0.29, 0.717) is 13.1 Å². The lowest BCUT2D eigenvalue weighted by atomic mass is 10.0. The molecule has 0 saturated carbocycles. The lowest BCUT2D eigenvalue weighted by molar-refractivity contribution is -0.122. The van der Waals surface area contributed by atoms with Crippen LogP contribution in [0.25, 0.3) is 0 Å². The van der Waals surface area contributed by atoms with Crippen molar-refractivity contribution in [3.63, 3.8) is 0 Å². The zero-order valence-electron chi connectivity index (χ0n) is 15.7. The van der Waals surface area contributed by atoms with E-state index >= 15 is 0 Å². The molecular weight excluding hydrogens is 392 g/mol. The zero-order valence-corrected chi connectivity index (χ0v) is 17.3. The minimum atomic E-state index is -0.168. The second-order valence-electron chi connectivity index (χ2n) is 6.72. The first-order chi connectivity index (χ1) is 13.6. The van der Waals surface area contributed by atoms with Crippen molar-refractivity contribution in [2.45, 2.75) is 11.8 Å².